The van der Waals surface area contributed by atoms with Crippen molar-refractivity contribution in [2.45, 2.75) is 51.6 Å². The van der Waals surface area contributed by atoms with Crippen LogP contribution in [0.2, 0.25) is 0 Å². The quantitative estimate of drug-likeness (QED) is 0.583. The topological polar surface area (TPSA) is 75.3 Å². The van der Waals surface area contributed by atoms with Gasteiger partial charge in [-0.15, -0.1) is 0 Å². The third kappa shape index (κ3) is 6.86. The van der Waals surface area contributed by atoms with E-state index in [0.717, 1.165) is 6.42 Å². The van der Waals surface area contributed by atoms with Gasteiger partial charge in [-0.25, -0.2) is 0 Å². The third-order valence-electron chi connectivity index (χ3n) is 2.07. The van der Waals surface area contributed by atoms with E-state index < -0.39 is 0 Å². The number of nitrogens with two attached hydrogens (primary N) is 1. The van der Waals surface area contributed by atoms with E-state index in [1.54, 1.807) is 0 Å². The number of hydrogen-bond donors (Lipinski definition) is 3. The van der Waals surface area contributed by atoms with Gasteiger partial charge in [0, 0.05) is 12.0 Å². The van der Waals surface area contributed by atoms with Crippen molar-refractivity contribution >= 4 is 5.91 Å². The van der Waals surface area contributed by atoms with Gasteiger partial charge in [-0.1, -0.05) is 6.92 Å². The summed E-state index contributed by atoms with van der Waals surface area (Å²) in [4.78, 5) is 11.3. The summed E-state index contributed by atoms with van der Waals surface area (Å²) < 4.78 is 0. The molecule has 0 aliphatic heterocycles. The van der Waals surface area contributed by atoms with Crippen LogP contribution < -0.4 is 11.1 Å². The van der Waals surface area contributed by atoms with Gasteiger partial charge < -0.3 is 16.2 Å². The predicted molar refractivity (Wildman–Crippen MR) is 56.8 cm³/mol. The number of aliphatic hydroxyl groups excluding tert-OH is 1. The van der Waals surface area contributed by atoms with Crippen LogP contribution in [0.25, 0.3) is 0 Å². The zero-order valence-corrected chi connectivity index (χ0v) is 9.34. The Hall–Kier alpha value is -0.610. The van der Waals surface area contributed by atoms with Crippen LogP contribution in [0.5, 0.6) is 0 Å². The molecule has 0 spiro atoms. The molecule has 0 radical (unpaired) electrons. The van der Waals surface area contributed by atoms with E-state index in [4.69, 9.17) is 10.8 Å². The van der Waals surface area contributed by atoms with E-state index in [2.05, 4.69) is 5.32 Å². The first-order chi connectivity index (χ1) is 6.39. The van der Waals surface area contributed by atoms with Crippen molar-refractivity contribution in [3.63, 3.8) is 0 Å². The summed E-state index contributed by atoms with van der Waals surface area (Å²) in [5.74, 6) is -0.0376. The fraction of sp³-hybridized carbons (Fsp3) is 0.900. The average molecular weight is 202 g/mol. The van der Waals surface area contributed by atoms with Gasteiger partial charge in [-0.05, 0) is 26.7 Å². The second-order valence-electron chi connectivity index (χ2n) is 4.34. The van der Waals surface area contributed by atoms with Crippen LogP contribution in [0.3, 0.4) is 0 Å². The Morgan fingerprint density at radius 2 is 2.14 bits per heavy atom. The molecule has 0 heterocycles. The standard InChI is InChI=1S/C10H22N2O2/c1-4-8(7-13)12-9(14)5-6-10(2,3)11/h8,13H,4-7,11H2,1-3H3,(H,12,14). The molecular weight excluding hydrogens is 180 g/mol. The Balaban J connectivity index is 3.75. The molecule has 4 N–H and O–H groups in total. The molecule has 4 heteroatoms. The zero-order chi connectivity index (χ0) is 11.2. The Labute approximate surface area is 85.9 Å². The Kier molecular flexibility index (Phi) is 5.72. The molecule has 14 heavy (non-hydrogen) atoms. The summed E-state index contributed by atoms with van der Waals surface area (Å²) in [6.45, 7) is 5.70. The van der Waals surface area contributed by atoms with Gasteiger partial charge in [-0.3, -0.25) is 4.79 Å². The van der Waals surface area contributed by atoms with Gasteiger partial charge >= 0.3 is 0 Å². The lowest BCUT2D eigenvalue weighted by atomic mass is 10.00. The third-order valence-corrected chi connectivity index (χ3v) is 2.07. The Bertz CT molecular complexity index is 171. The fourth-order valence-electron chi connectivity index (χ4n) is 1.01. The van der Waals surface area contributed by atoms with E-state index in [-0.39, 0.29) is 24.1 Å². The lowest BCUT2D eigenvalue weighted by Gasteiger charge is -2.19. The van der Waals surface area contributed by atoms with E-state index in [0.29, 0.717) is 12.8 Å². The van der Waals surface area contributed by atoms with Gasteiger partial charge in [0.15, 0.2) is 0 Å². The van der Waals surface area contributed by atoms with Crippen LogP contribution in [0.4, 0.5) is 0 Å². The highest BCUT2D eigenvalue weighted by Crippen LogP contribution is 2.06. The molecule has 4 nitrogen and oxygen atoms in total. The molecule has 0 fully saturated rings. The van der Waals surface area contributed by atoms with Gasteiger partial charge in [-0.2, -0.15) is 0 Å². The van der Waals surface area contributed by atoms with Crippen molar-refractivity contribution in [1.82, 2.24) is 5.32 Å². The number of nitrogens with one attached hydrogen (secondary N) is 1. The van der Waals surface area contributed by atoms with Crippen molar-refractivity contribution in [3.8, 4) is 0 Å². The molecule has 84 valence electrons. The molecule has 0 saturated heterocycles. The second kappa shape index (κ2) is 5.98. The SMILES string of the molecule is CCC(CO)NC(=O)CCC(C)(C)N. The first-order valence-corrected chi connectivity index (χ1v) is 5.08. The maximum Gasteiger partial charge on any atom is 0.220 e. The molecule has 0 aromatic carbocycles. The smallest absolute Gasteiger partial charge is 0.220 e. The van der Waals surface area contributed by atoms with Gasteiger partial charge in [0.25, 0.3) is 0 Å². The van der Waals surface area contributed by atoms with Crippen LogP contribution in [0.1, 0.15) is 40.0 Å². The number of carbonyl (C=O) groups excluding carboxylic acids is 1. The minimum Gasteiger partial charge on any atom is -0.394 e. The Morgan fingerprint density at radius 1 is 1.57 bits per heavy atom. The van der Waals surface area contributed by atoms with E-state index in [1.165, 1.54) is 0 Å². The van der Waals surface area contributed by atoms with E-state index >= 15 is 0 Å². The summed E-state index contributed by atoms with van der Waals surface area (Å²) in [5, 5.41) is 11.6. The van der Waals surface area contributed by atoms with E-state index in [1.807, 2.05) is 20.8 Å². The van der Waals surface area contributed by atoms with Crippen molar-refractivity contribution in [1.29, 1.82) is 0 Å². The first-order valence-electron chi connectivity index (χ1n) is 5.08. The van der Waals surface area contributed by atoms with Crippen molar-refractivity contribution < 1.29 is 9.90 Å². The molecule has 0 aromatic heterocycles. The number of carbonyl (C=O) groups is 1. The minimum absolute atomic E-state index is 0.00570. The van der Waals surface area contributed by atoms with Crippen molar-refractivity contribution in [2.24, 2.45) is 5.73 Å². The van der Waals surface area contributed by atoms with Gasteiger partial charge in [0.2, 0.25) is 5.91 Å². The molecule has 0 aliphatic rings. The maximum absolute atomic E-state index is 11.3. The summed E-state index contributed by atoms with van der Waals surface area (Å²) in [7, 11) is 0. The number of hydrogen-bond acceptors (Lipinski definition) is 3. The molecular formula is C10H22N2O2. The highest BCUT2D eigenvalue weighted by atomic mass is 16.3. The molecule has 0 bridgehead atoms. The van der Waals surface area contributed by atoms with Crippen LogP contribution in [0.15, 0.2) is 0 Å². The van der Waals surface area contributed by atoms with Gasteiger partial charge in [0.05, 0.1) is 12.6 Å². The minimum atomic E-state index is -0.307. The molecule has 0 aliphatic carbocycles. The fourth-order valence-corrected chi connectivity index (χ4v) is 1.01. The molecule has 1 atom stereocenters. The van der Waals surface area contributed by atoms with Gasteiger partial charge in [0.1, 0.15) is 0 Å². The maximum atomic E-state index is 11.3. The zero-order valence-electron chi connectivity index (χ0n) is 9.34. The first kappa shape index (κ1) is 13.4. The number of rotatable bonds is 6. The van der Waals surface area contributed by atoms with Crippen molar-refractivity contribution in [2.75, 3.05) is 6.61 Å². The lowest BCUT2D eigenvalue weighted by molar-refractivity contribution is -0.122. The molecule has 1 amide bonds. The van der Waals surface area contributed by atoms with Crippen LogP contribution in [-0.2, 0) is 4.79 Å². The van der Waals surface area contributed by atoms with E-state index in [9.17, 15) is 4.79 Å². The lowest BCUT2D eigenvalue weighted by Crippen LogP contribution is -2.39. The summed E-state index contributed by atoms with van der Waals surface area (Å²) >= 11 is 0. The second-order valence-corrected chi connectivity index (χ2v) is 4.34. The molecule has 1 unspecified atom stereocenters. The predicted octanol–water partition coefficient (Wildman–Crippen LogP) is 0.391. The molecule has 0 rings (SSSR count). The monoisotopic (exact) mass is 202 g/mol. The average Bonchev–Trinajstić information content (AvgIpc) is 2.09. The summed E-state index contributed by atoms with van der Waals surface area (Å²) in [5.41, 5.74) is 5.44. The summed E-state index contributed by atoms with van der Waals surface area (Å²) in [6.07, 6.45) is 1.81. The van der Waals surface area contributed by atoms with Crippen LogP contribution in [-0.4, -0.2) is 29.2 Å². The number of amides is 1. The largest absolute Gasteiger partial charge is 0.394 e. The Morgan fingerprint density at radius 3 is 2.50 bits per heavy atom. The van der Waals surface area contributed by atoms with Crippen LogP contribution >= 0.6 is 0 Å². The summed E-state index contributed by atoms with van der Waals surface area (Å²) in [6, 6.07) is -0.122. The number of aliphatic hydroxyl groups is 1. The highest BCUT2D eigenvalue weighted by molar-refractivity contribution is 5.76. The van der Waals surface area contributed by atoms with Crippen molar-refractivity contribution in [3.05, 3.63) is 0 Å². The normalized spacial score (nSPS) is 13.8. The molecule has 0 saturated carbocycles. The van der Waals surface area contributed by atoms with Crippen LogP contribution in [0, 0.1) is 0 Å². The molecule has 0 aromatic rings. The highest BCUT2D eigenvalue weighted by Gasteiger charge is 2.14.